The predicted molar refractivity (Wildman–Crippen MR) is 97.4 cm³/mol. The van der Waals surface area contributed by atoms with Gasteiger partial charge < -0.3 is 10.6 Å². The number of aromatic nitrogens is 2. The molecule has 1 aromatic carbocycles. The molecule has 2 aliphatic rings. The van der Waals surface area contributed by atoms with Crippen LogP contribution >= 0.6 is 0 Å². The third-order valence-electron chi connectivity index (χ3n) is 5.81. The Hall–Kier alpha value is -2.21. The first-order valence-electron chi connectivity index (χ1n) is 9.48. The molecule has 1 aliphatic carbocycles. The predicted octanol–water partition coefficient (Wildman–Crippen LogP) is 2.48. The topological polar surface area (TPSA) is 69.8 Å². The van der Waals surface area contributed by atoms with E-state index in [4.69, 9.17) is 0 Å². The number of hydrogen-bond acceptors (Lipinski definition) is 3. The summed E-state index contributed by atoms with van der Waals surface area (Å²) in [6, 6.07) is 6.79. The third kappa shape index (κ3) is 3.51. The summed E-state index contributed by atoms with van der Waals surface area (Å²) in [6.45, 7) is 2.45. The fourth-order valence-corrected chi connectivity index (χ4v) is 4.37. The van der Waals surface area contributed by atoms with Gasteiger partial charge in [0.25, 0.3) is 0 Å². The van der Waals surface area contributed by atoms with Gasteiger partial charge in [-0.25, -0.2) is 4.39 Å². The molecule has 1 unspecified atom stereocenters. The zero-order valence-corrected chi connectivity index (χ0v) is 14.8. The molecule has 1 fully saturated rings. The summed E-state index contributed by atoms with van der Waals surface area (Å²) >= 11 is 0. The molecule has 0 saturated carbocycles. The number of nitrogens with one attached hydrogen (secondary N) is 3. The Morgan fingerprint density at radius 3 is 2.96 bits per heavy atom. The summed E-state index contributed by atoms with van der Waals surface area (Å²) in [7, 11) is 0. The van der Waals surface area contributed by atoms with Gasteiger partial charge >= 0.3 is 0 Å². The summed E-state index contributed by atoms with van der Waals surface area (Å²) in [4.78, 5) is 12.8. The Labute approximate surface area is 152 Å². The largest absolute Gasteiger partial charge is 0.355 e. The summed E-state index contributed by atoms with van der Waals surface area (Å²) in [6.07, 6.45) is 5.65. The molecular weight excluding hydrogens is 331 g/mol. The number of carbonyl (C=O) groups excluding carboxylic acids is 1. The van der Waals surface area contributed by atoms with Crippen molar-refractivity contribution < 1.29 is 9.18 Å². The molecule has 3 atom stereocenters. The van der Waals surface area contributed by atoms with E-state index in [9.17, 15) is 9.18 Å². The molecule has 3 N–H and O–H groups in total. The molecule has 1 aliphatic heterocycles. The van der Waals surface area contributed by atoms with Crippen molar-refractivity contribution in [1.29, 1.82) is 0 Å². The lowest BCUT2D eigenvalue weighted by Crippen LogP contribution is -2.43. The van der Waals surface area contributed by atoms with Gasteiger partial charge in [-0.2, -0.15) is 5.10 Å². The van der Waals surface area contributed by atoms with Crippen molar-refractivity contribution in [2.24, 2.45) is 5.92 Å². The van der Waals surface area contributed by atoms with E-state index in [1.807, 2.05) is 12.1 Å². The highest BCUT2D eigenvalue weighted by molar-refractivity contribution is 5.84. The van der Waals surface area contributed by atoms with E-state index in [0.717, 1.165) is 55.6 Å². The average molecular weight is 356 g/mol. The van der Waals surface area contributed by atoms with Crippen LogP contribution in [0.15, 0.2) is 30.5 Å². The minimum absolute atomic E-state index is 0.0933. The van der Waals surface area contributed by atoms with E-state index in [0.29, 0.717) is 18.4 Å². The van der Waals surface area contributed by atoms with Crippen molar-refractivity contribution in [1.82, 2.24) is 20.8 Å². The molecule has 5 nitrogen and oxygen atoms in total. The first-order chi connectivity index (χ1) is 12.7. The number of amides is 1. The first kappa shape index (κ1) is 17.2. The number of hydrogen-bond donors (Lipinski definition) is 3. The molecule has 138 valence electrons. The maximum Gasteiger partial charge on any atom is 0.227 e. The van der Waals surface area contributed by atoms with Crippen LogP contribution < -0.4 is 10.6 Å². The summed E-state index contributed by atoms with van der Waals surface area (Å²) in [5, 5.41) is 13.7. The Morgan fingerprint density at radius 2 is 2.12 bits per heavy atom. The van der Waals surface area contributed by atoms with Crippen LogP contribution in [0.5, 0.6) is 0 Å². The number of halogens is 1. The van der Waals surface area contributed by atoms with Crippen molar-refractivity contribution in [3.8, 4) is 0 Å². The lowest BCUT2D eigenvalue weighted by molar-refractivity contribution is -0.123. The van der Waals surface area contributed by atoms with Gasteiger partial charge in [-0.15, -0.1) is 0 Å². The molecule has 1 aromatic heterocycles. The molecule has 0 bridgehead atoms. The maximum atomic E-state index is 13.2. The van der Waals surface area contributed by atoms with Crippen LogP contribution in [0.4, 0.5) is 4.39 Å². The van der Waals surface area contributed by atoms with Gasteiger partial charge in [0.1, 0.15) is 5.82 Å². The Balaban J connectivity index is 1.41. The highest BCUT2D eigenvalue weighted by Gasteiger charge is 2.30. The van der Waals surface area contributed by atoms with Gasteiger partial charge in [0.15, 0.2) is 0 Å². The molecule has 2 aromatic rings. The van der Waals surface area contributed by atoms with Crippen molar-refractivity contribution in [2.75, 3.05) is 19.6 Å². The number of piperidine rings is 1. The lowest BCUT2D eigenvalue weighted by atomic mass is 9.80. The lowest BCUT2D eigenvalue weighted by Gasteiger charge is -2.33. The number of rotatable bonds is 4. The number of aromatic amines is 1. The second-order valence-electron chi connectivity index (χ2n) is 7.40. The zero-order valence-electron chi connectivity index (χ0n) is 14.8. The second-order valence-corrected chi connectivity index (χ2v) is 7.40. The Bertz CT molecular complexity index is 757. The maximum absolute atomic E-state index is 13.2. The monoisotopic (exact) mass is 356 g/mol. The standard InChI is InChI=1S/C20H25FN4O/c21-15-6-4-13(5-7-15)16-8-9-22-10-14(16)11-23-20(26)17-2-1-3-19-18(17)12-24-25-19/h4-7,12,14,16-17,22H,1-3,8-11H2,(H,23,26)(H,24,25)/t14-,16+,17?/m1/s1. The number of aryl methyl sites for hydroxylation is 1. The van der Waals surface area contributed by atoms with Crippen LogP contribution in [0.25, 0.3) is 0 Å². The normalized spacial score (nSPS) is 25.5. The van der Waals surface area contributed by atoms with Gasteiger partial charge in [0, 0.05) is 24.3 Å². The van der Waals surface area contributed by atoms with E-state index in [-0.39, 0.29) is 17.6 Å². The van der Waals surface area contributed by atoms with Crippen LogP contribution in [0.2, 0.25) is 0 Å². The minimum atomic E-state index is -0.208. The van der Waals surface area contributed by atoms with Crippen LogP contribution in [-0.2, 0) is 11.2 Å². The molecular formula is C20H25FN4O. The third-order valence-corrected chi connectivity index (χ3v) is 5.81. The van der Waals surface area contributed by atoms with E-state index in [1.54, 1.807) is 6.20 Å². The summed E-state index contributed by atoms with van der Waals surface area (Å²) in [5.74, 6) is 0.438. The van der Waals surface area contributed by atoms with Gasteiger partial charge in [-0.05, 0) is 61.8 Å². The number of benzene rings is 1. The van der Waals surface area contributed by atoms with E-state index in [2.05, 4.69) is 20.8 Å². The van der Waals surface area contributed by atoms with E-state index >= 15 is 0 Å². The first-order valence-corrected chi connectivity index (χ1v) is 9.48. The molecule has 6 heteroatoms. The Kier molecular flexibility index (Phi) is 5.02. The molecule has 1 amide bonds. The zero-order chi connectivity index (χ0) is 17.9. The van der Waals surface area contributed by atoms with Crippen LogP contribution in [0, 0.1) is 11.7 Å². The highest BCUT2D eigenvalue weighted by atomic mass is 19.1. The van der Waals surface area contributed by atoms with Crippen LogP contribution in [-0.4, -0.2) is 35.7 Å². The molecule has 1 saturated heterocycles. The fourth-order valence-electron chi connectivity index (χ4n) is 4.37. The summed E-state index contributed by atoms with van der Waals surface area (Å²) in [5.41, 5.74) is 3.30. The average Bonchev–Trinajstić information content (AvgIpc) is 3.16. The van der Waals surface area contributed by atoms with Crippen molar-refractivity contribution >= 4 is 5.91 Å². The minimum Gasteiger partial charge on any atom is -0.355 e. The number of nitrogens with zero attached hydrogens (tertiary/aromatic N) is 1. The number of fused-ring (bicyclic) bond motifs is 1. The SMILES string of the molecule is O=C(NC[C@H]1CNCC[C@H]1c1ccc(F)cc1)C1CCCc2[nH]ncc21. The molecule has 2 heterocycles. The van der Waals surface area contributed by atoms with Crippen LogP contribution in [0.1, 0.15) is 47.9 Å². The van der Waals surface area contributed by atoms with Gasteiger partial charge in [0.2, 0.25) is 5.91 Å². The van der Waals surface area contributed by atoms with Gasteiger partial charge in [-0.1, -0.05) is 12.1 Å². The van der Waals surface area contributed by atoms with Gasteiger partial charge in [0.05, 0.1) is 12.1 Å². The second kappa shape index (κ2) is 7.58. The number of carbonyl (C=O) groups is 1. The quantitative estimate of drug-likeness (QED) is 0.788. The van der Waals surface area contributed by atoms with Crippen LogP contribution in [0.3, 0.4) is 0 Å². The van der Waals surface area contributed by atoms with E-state index < -0.39 is 0 Å². The van der Waals surface area contributed by atoms with Gasteiger partial charge in [-0.3, -0.25) is 9.89 Å². The smallest absolute Gasteiger partial charge is 0.227 e. The molecule has 26 heavy (non-hydrogen) atoms. The molecule has 0 radical (unpaired) electrons. The summed E-state index contributed by atoms with van der Waals surface area (Å²) < 4.78 is 13.2. The van der Waals surface area contributed by atoms with Crippen molar-refractivity contribution in [3.05, 3.63) is 53.1 Å². The van der Waals surface area contributed by atoms with E-state index in [1.165, 1.54) is 12.1 Å². The number of H-pyrrole nitrogens is 1. The fraction of sp³-hybridized carbons (Fsp3) is 0.500. The molecule has 4 rings (SSSR count). The van der Waals surface area contributed by atoms with Crippen molar-refractivity contribution in [2.45, 2.75) is 37.5 Å². The highest BCUT2D eigenvalue weighted by Crippen LogP contribution is 2.32. The Morgan fingerprint density at radius 1 is 1.27 bits per heavy atom. The van der Waals surface area contributed by atoms with Crippen molar-refractivity contribution in [3.63, 3.8) is 0 Å². The molecule has 0 spiro atoms.